The van der Waals surface area contributed by atoms with Crippen molar-refractivity contribution in [2.45, 2.75) is 58.9 Å². The van der Waals surface area contributed by atoms with Crippen LogP contribution in [-0.2, 0) is 6.42 Å². The Bertz CT molecular complexity index is 261. The third-order valence-electron chi connectivity index (χ3n) is 2.70. The van der Waals surface area contributed by atoms with Crippen LogP contribution in [0.5, 0.6) is 0 Å². The summed E-state index contributed by atoms with van der Waals surface area (Å²) in [4.78, 5) is 1.49. The molecule has 1 nitrogen and oxygen atoms in total. The van der Waals surface area contributed by atoms with Gasteiger partial charge in [0.2, 0.25) is 0 Å². The Morgan fingerprint density at radius 2 is 1.87 bits per heavy atom. The van der Waals surface area contributed by atoms with Gasteiger partial charge in [0.15, 0.2) is 0 Å². The molecule has 0 aliphatic rings. The van der Waals surface area contributed by atoms with E-state index in [4.69, 9.17) is 0 Å². The number of thiophene rings is 1. The van der Waals surface area contributed by atoms with Crippen molar-refractivity contribution in [1.82, 2.24) is 0 Å². The van der Waals surface area contributed by atoms with Crippen molar-refractivity contribution in [2.75, 3.05) is 5.32 Å². The highest BCUT2D eigenvalue weighted by atomic mass is 32.1. The highest BCUT2D eigenvalue weighted by Crippen LogP contribution is 2.24. The van der Waals surface area contributed by atoms with Crippen LogP contribution in [0, 0.1) is 0 Å². The fourth-order valence-electron chi connectivity index (χ4n) is 1.95. The van der Waals surface area contributed by atoms with E-state index in [1.807, 2.05) is 11.3 Å². The molecule has 0 aliphatic carbocycles. The van der Waals surface area contributed by atoms with Crippen LogP contribution in [-0.4, -0.2) is 6.04 Å². The average molecular weight is 225 g/mol. The molecular formula is C13H23NS. The van der Waals surface area contributed by atoms with Crippen LogP contribution >= 0.6 is 11.3 Å². The van der Waals surface area contributed by atoms with E-state index in [1.54, 1.807) is 0 Å². The van der Waals surface area contributed by atoms with E-state index >= 15 is 0 Å². The molecule has 0 bridgehead atoms. The molecule has 0 aliphatic heterocycles. The molecule has 0 spiro atoms. The maximum Gasteiger partial charge on any atom is 0.0483 e. The zero-order valence-corrected chi connectivity index (χ0v) is 11.0. The third kappa shape index (κ3) is 3.86. The van der Waals surface area contributed by atoms with Crippen molar-refractivity contribution in [3.05, 3.63) is 16.3 Å². The van der Waals surface area contributed by atoms with Gasteiger partial charge in [-0.25, -0.2) is 0 Å². The van der Waals surface area contributed by atoms with Crippen LogP contribution in [0.1, 0.15) is 51.3 Å². The Morgan fingerprint density at radius 3 is 2.40 bits per heavy atom. The number of hydrogen-bond acceptors (Lipinski definition) is 2. The van der Waals surface area contributed by atoms with Crippen LogP contribution in [0.4, 0.5) is 5.69 Å². The monoisotopic (exact) mass is 225 g/mol. The van der Waals surface area contributed by atoms with Gasteiger partial charge in [0.1, 0.15) is 0 Å². The van der Waals surface area contributed by atoms with Gasteiger partial charge in [-0.3, -0.25) is 0 Å². The summed E-state index contributed by atoms with van der Waals surface area (Å²) in [6.07, 6.45) is 6.25. The molecule has 1 N–H and O–H groups in total. The first-order chi connectivity index (χ1) is 7.31. The van der Waals surface area contributed by atoms with Gasteiger partial charge in [0, 0.05) is 16.6 Å². The third-order valence-corrected chi connectivity index (χ3v) is 3.77. The van der Waals surface area contributed by atoms with Gasteiger partial charge in [0.05, 0.1) is 0 Å². The van der Waals surface area contributed by atoms with Crippen LogP contribution in [0.25, 0.3) is 0 Å². The molecular weight excluding hydrogens is 202 g/mol. The van der Waals surface area contributed by atoms with Gasteiger partial charge in [-0.1, -0.05) is 33.6 Å². The van der Waals surface area contributed by atoms with Crippen LogP contribution < -0.4 is 5.32 Å². The molecule has 0 atom stereocenters. The predicted molar refractivity (Wildman–Crippen MR) is 70.9 cm³/mol. The molecule has 0 fully saturated rings. The largest absolute Gasteiger partial charge is 0.381 e. The summed E-state index contributed by atoms with van der Waals surface area (Å²) in [5, 5.41) is 5.88. The summed E-state index contributed by atoms with van der Waals surface area (Å²) in [6.45, 7) is 6.75. The number of anilines is 1. The lowest BCUT2D eigenvalue weighted by molar-refractivity contribution is 0.586. The summed E-state index contributed by atoms with van der Waals surface area (Å²) >= 11 is 1.87. The van der Waals surface area contributed by atoms with E-state index in [1.165, 1.54) is 36.2 Å². The summed E-state index contributed by atoms with van der Waals surface area (Å²) < 4.78 is 0. The van der Waals surface area contributed by atoms with Crippen LogP contribution in [0.2, 0.25) is 0 Å². The summed E-state index contributed by atoms with van der Waals surface area (Å²) in [5.74, 6) is 0. The fraction of sp³-hybridized carbons (Fsp3) is 0.692. The zero-order chi connectivity index (χ0) is 11.1. The van der Waals surface area contributed by atoms with Gasteiger partial charge >= 0.3 is 0 Å². The van der Waals surface area contributed by atoms with Crippen molar-refractivity contribution in [3.63, 3.8) is 0 Å². The minimum Gasteiger partial charge on any atom is -0.381 e. The molecule has 0 radical (unpaired) electrons. The highest BCUT2D eigenvalue weighted by molar-refractivity contribution is 7.10. The molecule has 0 unspecified atom stereocenters. The van der Waals surface area contributed by atoms with E-state index in [2.05, 4.69) is 37.5 Å². The Kier molecular flexibility index (Phi) is 5.77. The minimum absolute atomic E-state index is 0.667. The lowest BCUT2D eigenvalue weighted by atomic mass is 10.1. The maximum absolute atomic E-state index is 3.69. The lowest BCUT2D eigenvalue weighted by Crippen LogP contribution is -2.19. The maximum atomic E-state index is 3.69. The second-order valence-electron chi connectivity index (χ2n) is 4.03. The molecule has 0 saturated carbocycles. The van der Waals surface area contributed by atoms with E-state index < -0.39 is 0 Å². The van der Waals surface area contributed by atoms with Gasteiger partial charge < -0.3 is 5.32 Å². The van der Waals surface area contributed by atoms with Gasteiger partial charge in [-0.05, 0) is 30.7 Å². The minimum atomic E-state index is 0.667. The van der Waals surface area contributed by atoms with Crippen LogP contribution in [0.3, 0.4) is 0 Å². The van der Waals surface area contributed by atoms with E-state index in [0.717, 1.165) is 6.42 Å². The molecule has 0 saturated heterocycles. The second kappa shape index (κ2) is 6.89. The SMILES string of the molecule is CCCC(CCC)Nc1ccsc1CC. The Hall–Kier alpha value is -0.500. The lowest BCUT2D eigenvalue weighted by Gasteiger charge is -2.18. The standard InChI is InChI=1S/C13H23NS/c1-4-7-11(8-5-2)14-12-9-10-15-13(12)6-3/h9-11,14H,4-8H2,1-3H3. The first kappa shape index (κ1) is 12.6. The average Bonchev–Trinajstić information content (AvgIpc) is 2.66. The molecule has 15 heavy (non-hydrogen) atoms. The topological polar surface area (TPSA) is 12.0 Å². The van der Waals surface area contributed by atoms with Gasteiger partial charge in [0.25, 0.3) is 0 Å². The zero-order valence-electron chi connectivity index (χ0n) is 10.2. The van der Waals surface area contributed by atoms with Gasteiger partial charge in [-0.2, -0.15) is 0 Å². The van der Waals surface area contributed by atoms with Crippen molar-refractivity contribution in [2.24, 2.45) is 0 Å². The van der Waals surface area contributed by atoms with E-state index in [-0.39, 0.29) is 0 Å². The van der Waals surface area contributed by atoms with Crippen molar-refractivity contribution < 1.29 is 0 Å². The number of rotatable bonds is 7. The number of aryl methyl sites for hydroxylation is 1. The molecule has 2 heteroatoms. The molecule has 1 rings (SSSR count). The molecule has 1 heterocycles. The Labute approximate surface area is 97.9 Å². The quantitative estimate of drug-likeness (QED) is 0.709. The Balaban J connectivity index is 2.56. The molecule has 1 aromatic rings. The summed E-state index contributed by atoms with van der Waals surface area (Å²) in [7, 11) is 0. The first-order valence-electron chi connectivity index (χ1n) is 6.14. The molecule has 0 aromatic carbocycles. The Morgan fingerprint density at radius 1 is 1.20 bits per heavy atom. The van der Waals surface area contributed by atoms with E-state index in [9.17, 15) is 0 Å². The predicted octanol–water partition coefficient (Wildman–Crippen LogP) is 4.69. The normalized spacial score (nSPS) is 10.9. The van der Waals surface area contributed by atoms with E-state index in [0.29, 0.717) is 6.04 Å². The smallest absolute Gasteiger partial charge is 0.0483 e. The summed E-state index contributed by atoms with van der Waals surface area (Å²) in [6, 6.07) is 2.89. The fourth-order valence-corrected chi connectivity index (χ4v) is 2.74. The molecule has 86 valence electrons. The van der Waals surface area contributed by atoms with Crippen molar-refractivity contribution in [1.29, 1.82) is 0 Å². The van der Waals surface area contributed by atoms with Crippen molar-refractivity contribution in [3.8, 4) is 0 Å². The van der Waals surface area contributed by atoms with Crippen LogP contribution in [0.15, 0.2) is 11.4 Å². The second-order valence-corrected chi connectivity index (χ2v) is 5.03. The van der Waals surface area contributed by atoms with Crippen molar-refractivity contribution >= 4 is 17.0 Å². The summed E-state index contributed by atoms with van der Waals surface area (Å²) in [5.41, 5.74) is 1.37. The molecule has 0 amide bonds. The number of hydrogen-bond donors (Lipinski definition) is 1. The van der Waals surface area contributed by atoms with Gasteiger partial charge in [-0.15, -0.1) is 11.3 Å². The molecule has 1 aromatic heterocycles. The first-order valence-corrected chi connectivity index (χ1v) is 7.02. The highest BCUT2D eigenvalue weighted by Gasteiger charge is 2.09. The number of nitrogens with one attached hydrogen (secondary N) is 1.